The van der Waals surface area contributed by atoms with Crippen molar-refractivity contribution in [3.63, 3.8) is 0 Å². The van der Waals surface area contributed by atoms with E-state index in [0.717, 1.165) is 6.42 Å². The standard InChI is InChI=1S/C8H16N2O2/c1-3-4-6(8(10)12)7(11)5(2)9/h5-6H,3-4,9H2,1-2H3,(H2,10,12)/t5-,6?/m0/s1. The second kappa shape index (κ2) is 4.87. The quantitative estimate of drug-likeness (QED) is 0.563. The summed E-state index contributed by atoms with van der Waals surface area (Å²) in [5.41, 5.74) is 10.4. The summed E-state index contributed by atoms with van der Waals surface area (Å²) in [7, 11) is 0. The molecule has 0 rings (SSSR count). The van der Waals surface area contributed by atoms with Crippen LogP contribution in [0, 0.1) is 5.92 Å². The fraction of sp³-hybridized carbons (Fsp3) is 0.750. The second-order valence-electron chi connectivity index (χ2n) is 2.93. The SMILES string of the molecule is CCCC(C(N)=O)C(=O)[C@H](C)N. The van der Waals surface area contributed by atoms with Gasteiger partial charge in [-0.25, -0.2) is 0 Å². The number of ketones is 1. The predicted molar refractivity (Wildman–Crippen MR) is 46.2 cm³/mol. The number of carbonyl (C=O) groups is 2. The van der Waals surface area contributed by atoms with Crippen LogP contribution in [0.2, 0.25) is 0 Å². The van der Waals surface area contributed by atoms with Gasteiger partial charge in [-0.05, 0) is 13.3 Å². The average Bonchev–Trinajstić information content (AvgIpc) is 1.98. The molecule has 4 nitrogen and oxygen atoms in total. The predicted octanol–water partition coefficient (Wildman–Crippen LogP) is -0.196. The molecule has 0 fully saturated rings. The number of rotatable bonds is 5. The summed E-state index contributed by atoms with van der Waals surface area (Å²) >= 11 is 0. The zero-order valence-corrected chi connectivity index (χ0v) is 7.54. The lowest BCUT2D eigenvalue weighted by atomic mass is 9.94. The normalized spacial score (nSPS) is 15.2. The minimum absolute atomic E-state index is 0.260. The fourth-order valence-corrected chi connectivity index (χ4v) is 1.03. The Bertz CT molecular complexity index is 178. The molecule has 0 aliphatic heterocycles. The van der Waals surface area contributed by atoms with Gasteiger partial charge in [0, 0.05) is 0 Å². The lowest BCUT2D eigenvalue weighted by Gasteiger charge is -2.12. The van der Waals surface area contributed by atoms with Crippen LogP contribution in [0.4, 0.5) is 0 Å². The van der Waals surface area contributed by atoms with Crippen molar-refractivity contribution in [3.8, 4) is 0 Å². The van der Waals surface area contributed by atoms with Gasteiger partial charge in [-0.3, -0.25) is 9.59 Å². The summed E-state index contributed by atoms with van der Waals surface area (Å²) in [4.78, 5) is 22.0. The molecule has 0 aliphatic rings. The van der Waals surface area contributed by atoms with Crippen LogP contribution in [0.15, 0.2) is 0 Å². The monoisotopic (exact) mass is 172 g/mol. The van der Waals surface area contributed by atoms with Gasteiger partial charge in [-0.15, -0.1) is 0 Å². The summed E-state index contributed by atoms with van der Waals surface area (Å²) in [5.74, 6) is -1.53. The van der Waals surface area contributed by atoms with Crippen molar-refractivity contribution in [1.29, 1.82) is 0 Å². The summed E-state index contributed by atoms with van der Waals surface area (Å²) in [6, 6.07) is -0.603. The molecule has 0 aliphatic carbocycles. The van der Waals surface area contributed by atoms with Crippen molar-refractivity contribution in [2.75, 3.05) is 0 Å². The topological polar surface area (TPSA) is 86.2 Å². The van der Waals surface area contributed by atoms with Crippen molar-refractivity contribution >= 4 is 11.7 Å². The molecule has 70 valence electrons. The lowest BCUT2D eigenvalue weighted by molar-refractivity contribution is -0.133. The minimum Gasteiger partial charge on any atom is -0.369 e. The summed E-state index contributed by atoms with van der Waals surface area (Å²) < 4.78 is 0. The number of carbonyl (C=O) groups excluding carboxylic acids is 2. The minimum atomic E-state index is -0.699. The first-order chi connectivity index (χ1) is 5.50. The largest absolute Gasteiger partial charge is 0.369 e. The van der Waals surface area contributed by atoms with E-state index in [0.29, 0.717) is 6.42 Å². The van der Waals surface area contributed by atoms with Crippen molar-refractivity contribution < 1.29 is 9.59 Å². The first-order valence-electron chi connectivity index (χ1n) is 4.09. The van der Waals surface area contributed by atoms with Gasteiger partial charge in [0.2, 0.25) is 5.91 Å². The number of nitrogens with two attached hydrogens (primary N) is 2. The van der Waals surface area contributed by atoms with Crippen LogP contribution in [0.5, 0.6) is 0 Å². The third kappa shape index (κ3) is 3.00. The van der Waals surface area contributed by atoms with E-state index in [1.54, 1.807) is 6.92 Å². The third-order valence-corrected chi connectivity index (χ3v) is 1.71. The van der Waals surface area contributed by atoms with Gasteiger partial charge in [-0.1, -0.05) is 13.3 Å². The highest BCUT2D eigenvalue weighted by Gasteiger charge is 2.25. The number of primary amides is 1. The van der Waals surface area contributed by atoms with Crippen molar-refractivity contribution in [2.45, 2.75) is 32.7 Å². The summed E-state index contributed by atoms with van der Waals surface area (Å²) in [6.07, 6.45) is 1.25. The van der Waals surface area contributed by atoms with E-state index in [1.807, 2.05) is 6.92 Å². The Morgan fingerprint density at radius 1 is 1.42 bits per heavy atom. The third-order valence-electron chi connectivity index (χ3n) is 1.71. The Labute approximate surface area is 72.3 Å². The van der Waals surface area contributed by atoms with E-state index in [1.165, 1.54) is 0 Å². The molecular weight excluding hydrogens is 156 g/mol. The van der Waals surface area contributed by atoms with E-state index in [2.05, 4.69) is 0 Å². The second-order valence-corrected chi connectivity index (χ2v) is 2.93. The van der Waals surface area contributed by atoms with E-state index in [-0.39, 0.29) is 5.78 Å². The van der Waals surface area contributed by atoms with E-state index < -0.39 is 17.9 Å². The highest BCUT2D eigenvalue weighted by atomic mass is 16.2. The molecule has 4 N–H and O–H groups in total. The molecule has 0 bridgehead atoms. The van der Waals surface area contributed by atoms with Gasteiger partial charge in [-0.2, -0.15) is 0 Å². The smallest absolute Gasteiger partial charge is 0.228 e. The zero-order chi connectivity index (χ0) is 9.72. The van der Waals surface area contributed by atoms with Crippen molar-refractivity contribution in [2.24, 2.45) is 17.4 Å². The maximum absolute atomic E-state index is 11.2. The van der Waals surface area contributed by atoms with Crippen LogP contribution in [-0.4, -0.2) is 17.7 Å². The summed E-state index contributed by atoms with van der Waals surface area (Å²) in [6.45, 7) is 3.46. The molecular formula is C8H16N2O2. The van der Waals surface area contributed by atoms with Gasteiger partial charge in [0.15, 0.2) is 5.78 Å². The average molecular weight is 172 g/mol. The Morgan fingerprint density at radius 2 is 1.92 bits per heavy atom. The van der Waals surface area contributed by atoms with E-state index in [4.69, 9.17) is 11.5 Å². The van der Waals surface area contributed by atoms with Crippen LogP contribution < -0.4 is 11.5 Å². The van der Waals surface area contributed by atoms with E-state index >= 15 is 0 Å². The first-order valence-corrected chi connectivity index (χ1v) is 4.09. The Kier molecular flexibility index (Phi) is 4.51. The first kappa shape index (κ1) is 11.1. The molecule has 0 saturated carbocycles. The molecule has 0 radical (unpaired) electrons. The van der Waals surface area contributed by atoms with Crippen LogP contribution >= 0.6 is 0 Å². The summed E-state index contributed by atoms with van der Waals surface area (Å²) in [5, 5.41) is 0. The Balaban J connectivity index is 4.30. The van der Waals surface area contributed by atoms with Crippen molar-refractivity contribution in [3.05, 3.63) is 0 Å². The molecule has 0 spiro atoms. The molecule has 1 unspecified atom stereocenters. The maximum Gasteiger partial charge on any atom is 0.228 e. The van der Waals surface area contributed by atoms with Gasteiger partial charge >= 0.3 is 0 Å². The van der Waals surface area contributed by atoms with E-state index in [9.17, 15) is 9.59 Å². The van der Waals surface area contributed by atoms with Crippen LogP contribution in [-0.2, 0) is 9.59 Å². The van der Waals surface area contributed by atoms with Gasteiger partial charge < -0.3 is 11.5 Å². The number of Topliss-reactive ketones (excluding diaryl/α,β-unsaturated/α-hetero) is 1. The molecule has 0 aromatic rings. The van der Waals surface area contributed by atoms with Crippen LogP contribution in [0.25, 0.3) is 0 Å². The van der Waals surface area contributed by atoms with Crippen LogP contribution in [0.1, 0.15) is 26.7 Å². The maximum atomic E-state index is 11.2. The molecule has 4 heteroatoms. The lowest BCUT2D eigenvalue weighted by Crippen LogP contribution is -2.39. The van der Waals surface area contributed by atoms with Crippen LogP contribution in [0.3, 0.4) is 0 Å². The van der Waals surface area contributed by atoms with Crippen molar-refractivity contribution in [1.82, 2.24) is 0 Å². The number of hydrogen-bond acceptors (Lipinski definition) is 3. The molecule has 0 saturated heterocycles. The Hall–Kier alpha value is -0.900. The zero-order valence-electron chi connectivity index (χ0n) is 7.54. The molecule has 0 aromatic heterocycles. The molecule has 0 heterocycles. The fourth-order valence-electron chi connectivity index (χ4n) is 1.03. The van der Waals surface area contributed by atoms with Gasteiger partial charge in [0.05, 0.1) is 12.0 Å². The molecule has 1 amide bonds. The molecule has 12 heavy (non-hydrogen) atoms. The Morgan fingerprint density at radius 3 is 2.17 bits per heavy atom. The van der Waals surface area contributed by atoms with Gasteiger partial charge in [0.25, 0.3) is 0 Å². The van der Waals surface area contributed by atoms with Gasteiger partial charge in [0.1, 0.15) is 0 Å². The highest BCUT2D eigenvalue weighted by molar-refractivity contribution is 6.02. The highest BCUT2D eigenvalue weighted by Crippen LogP contribution is 2.08. The molecule has 2 atom stereocenters. The molecule has 0 aromatic carbocycles. The number of amides is 1. The number of hydrogen-bond donors (Lipinski definition) is 2.